The Morgan fingerprint density at radius 1 is 0.960 bits per heavy atom. The summed E-state index contributed by atoms with van der Waals surface area (Å²) in [7, 11) is 4.55. The van der Waals surface area contributed by atoms with Crippen LogP contribution in [0.15, 0.2) is 30.3 Å². The third-order valence-corrected chi connectivity index (χ3v) is 7.42. The SMILES string of the molecule is COc1cc2c(c(-c3c(OC)cccc3OC)c1)[P@](C(C)(C)C)CO2. The maximum atomic E-state index is 6.06. The van der Waals surface area contributed by atoms with Crippen molar-refractivity contribution in [2.45, 2.75) is 25.9 Å². The number of rotatable bonds is 4. The van der Waals surface area contributed by atoms with Gasteiger partial charge < -0.3 is 18.9 Å². The lowest BCUT2D eigenvalue weighted by molar-refractivity contribution is 0.387. The molecular weight excluding hydrogens is 335 g/mol. The minimum Gasteiger partial charge on any atom is -0.497 e. The smallest absolute Gasteiger partial charge is 0.131 e. The average molecular weight is 360 g/mol. The Hall–Kier alpha value is -1.93. The highest BCUT2D eigenvalue weighted by atomic mass is 31.1. The predicted octanol–water partition coefficient (Wildman–Crippen LogP) is 4.64. The second kappa shape index (κ2) is 6.76. The quantitative estimate of drug-likeness (QED) is 0.745. The van der Waals surface area contributed by atoms with E-state index in [4.69, 9.17) is 18.9 Å². The van der Waals surface area contributed by atoms with E-state index >= 15 is 0 Å². The van der Waals surface area contributed by atoms with Crippen molar-refractivity contribution in [3.8, 4) is 34.1 Å². The highest BCUT2D eigenvalue weighted by Gasteiger charge is 2.37. The van der Waals surface area contributed by atoms with Gasteiger partial charge in [0.25, 0.3) is 0 Å². The summed E-state index contributed by atoms with van der Waals surface area (Å²) < 4.78 is 22.9. The number of hydrogen-bond donors (Lipinski definition) is 0. The van der Waals surface area contributed by atoms with Crippen molar-refractivity contribution in [3.05, 3.63) is 30.3 Å². The summed E-state index contributed by atoms with van der Waals surface area (Å²) in [6, 6.07) is 9.90. The Kier molecular flexibility index (Phi) is 4.83. The van der Waals surface area contributed by atoms with E-state index in [0.29, 0.717) is 0 Å². The van der Waals surface area contributed by atoms with E-state index in [1.54, 1.807) is 21.3 Å². The lowest BCUT2D eigenvalue weighted by Gasteiger charge is -2.28. The fourth-order valence-electron chi connectivity index (χ4n) is 3.12. The van der Waals surface area contributed by atoms with Crippen LogP contribution >= 0.6 is 7.92 Å². The van der Waals surface area contributed by atoms with Crippen molar-refractivity contribution in [2.75, 3.05) is 27.7 Å². The van der Waals surface area contributed by atoms with Gasteiger partial charge in [0.15, 0.2) is 0 Å². The summed E-state index contributed by atoms with van der Waals surface area (Å²) in [6.45, 7) is 6.81. The van der Waals surface area contributed by atoms with Crippen LogP contribution in [0.1, 0.15) is 20.8 Å². The second-order valence-corrected chi connectivity index (χ2v) is 9.83. The molecule has 2 aromatic rings. The van der Waals surface area contributed by atoms with Crippen LogP contribution in [0.25, 0.3) is 11.1 Å². The minimum absolute atomic E-state index is 0.138. The fraction of sp³-hybridized carbons (Fsp3) is 0.400. The molecule has 0 radical (unpaired) electrons. The van der Waals surface area contributed by atoms with Gasteiger partial charge in [0.2, 0.25) is 0 Å². The van der Waals surface area contributed by atoms with Gasteiger partial charge in [0.1, 0.15) is 29.3 Å². The largest absolute Gasteiger partial charge is 0.497 e. The highest BCUT2D eigenvalue weighted by molar-refractivity contribution is 7.67. The first-order valence-corrected chi connectivity index (χ1v) is 9.77. The predicted molar refractivity (Wildman–Crippen MR) is 103 cm³/mol. The Labute approximate surface area is 150 Å². The molecule has 4 nitrogen and oxygen atoms in total. The van der Waals surface area contributed by atoms with Crippen LogP contribution in [0.5, 0.6) is 23.0 Å². The minimum atomic E-state index is -0.487. The molecular formula is C20H25O4P. The van der Waals surface area contributed by atoms with E-state index in [2.05, 4.69) is 26.8 Å². The van der Waals surface area contributed by atoms with Crippen LogP contribution in [-0.2, 0) is 0 Å². The first kappa shape index (κ1) is 17.9. The van der Waals surface area contributed by atoms with Crippen LogP contribution in [0.2, 0.25) is 0 Å². The molecule has 0 bridgehead atoms. The monoisotopic (exact) mass is 360 g/mol. The molecule has 0 aliphatic carbocycles. The van der Waals surface area contributed by atoms with E-state index in [0.717, 1.165) is 40.5 Å². The summed E-state index contributed by atoms with van der Waals surface area (Å²) in [4.78, 5) is 0. The molecule has 0 N–H and O–H groups in total. The van der Waals surface area contributed by atoms with Gasteiger partial charge in [-0.1, -0.05) is 26.8 Å². The molecule has 1 heterocycles. The summed E-state index contributed by atoms with van der Waals surface area (Å²) >= 11 is 0. The van der Waals surface area contributed by atoms with Crippen molar-refractivity contribution in [1.29, 1.82) is 0 Å². The van der Waals surface area contributed by atoms with Crippen LogP contribution in [0.4, 0.5) is 0 Å². The second-order valence-electron chi connectivity index (χ2n) is 6.93. The van der Waals surface area contributed by atoms with Gasteiger partial charge in [-0.05, 0) is 31.3 Å². The molecule has 0 aromatic heterocycles. The molecule has 0 spiro atoms. The summed E-state index contributed by atoms with van der Waals surface area (Å²) in [5.74, 6) is 3.24. The summed E-state index contributed by atoms with van der Waals surface area (Å²) in [5.41, 5.74) is 2.02. The first-order valence-electron chi connectivity index (χ1n) is 8.24. The van der Waals surface area contributed by atoms with Crippen LogP contribution in [0, 0.1) is 0 Å². The molecule has 134 valence electrons. The lowest BCUT2D eigenvalue weighted by Crippen LogP contribution is -2.19. The Balaban J connectivity index is 2.33. The molecule has 1 atom stereocenters. The van der Waals surface area contributed by atoms with Crippen molar-refractivity contribution in [3.63, 3.8) is 0 Å². The molecule has 25 heavy (non-hydrogen) atoms. The van der Waals surface area contributed by atoms with Crippen molar-refractivity contribution in [2.24, 2.45) is 0 Å². The molecule has 0 fully saturated rings. The van der Waals surface area contributed by atoms with Gasteiger partial charge >= 0.3 is 0 Å². The summed E-state index contributed by atoms with van der Waals surface area (Å²) in [6.07, 6.45) is 0.728. The van der Waals surface area contributed by atoms with E-state index in [9.17, 15) is 0 Å². The van der Waals surface area contributed by atoms with Crippen molar-refractivity contribution >= 4 is 13.2 Å². The topological polar surface area (TPSA) is 36.9 Å². The standard InChI is InChI=1S/C20H25O4P/c1-20(2,3)25-12-24-17-11-13(21-4)10-14(19(17)25)18-15(22-5)8-7-9-16(18)23-6/h7-11H,12H2,1-6H3/t25-/m1/s1. The Bertz CT molecular complexity index is 758. The number of hydrogen-bond acceptors (Lipinski definition) is 4. The molecule has 0 saturated heterocycles. The van der Waals surface area contributed by atoms with Crippen molar-refractivity contribution < 1.29 is 18.9 Å². The first-order chi connectivity index (χ1) is 11.9. The van der Waals surface area contributed by atoms with Crippen molar-refractivity contribution in [1.82, 2.24) is 0 Å². The van der Waals surface area contributed by atoms with Gasteiger partial charge in [-0.25, -0.2) is 0 Å². The molecule has 3 rings (SSSR count). The molecule has 1 aliphatic rings. The third-order valence-electron chi connectivity index (χ3n) is 4.41. The molecule has 0 unspecified atom stereocenters. The fourth-order valence-corrected chi connectivity index (χ4v) is 5.44. The van der Waals surface area contributed by atoms with Gasteiger partial charge in [0.05, 0.1) is 26.9 Å². The maximum Gasteiger partial charge on any atom is 0.131 e. The zero-order valence-electron chi connectivity index (χ0n) is 15.7. The Morgan fingerprint density at radius 3 is 2.12 bits per heavy atom. The van der Waals surface area contributed by atoms with Gasteiger partial charge in [-0.2, -0.15) is 0 Å². The molecule has 0 amide bonds. The lowest BCUT2D eigenvalue weighted by atomic mass is 10.0. The number of fused-ring (bicyclic) bond motifs is 1. The van der Waals surface area contributed by atoms with E-state index < -0.39 is 7.92 Å². The number of methoxy groups -OCH3 is 3. The van der Waals surface area contributed by atoms with Gasteiger partial charge in [0, 0.05) is 16.9 Å². The summed E-state index contributed by atoms with van der Waals surface area (Å²) in [5, 5.41) is 1.39. The molecule has 1 aliphatic heterocycles. The molecule has 0 saturated carbocycles. The molecule has 5 heteroatoms. The Morgan fingerprint density at radius 2 is 1.60 bits per heavy atom. The average Bonchev–Trinajstić information content (AvgIpc) is 3.04. The third kappa shape index (κ3) is 3.16. The van der Waals surface area contributed by atoms with Gasteiger partial charge in [-0.15, -0.1) is 0 Å². The highest BCUT2D eigenvalue weighted by Crippen LogP contribution is 2.57. The van der Waals surface area contributed by atoms with Crippen LogP contribution in [0.3, 0.4) is 0 Å². The van der Waals surface area contributed by atoms with E-state index in [-0.39, 0.29) is 5.16 Å². The van der Waals surface area contributed by atoms with E-state index in [1.807, 2.05) is 24.3 Å². The number of benzene rings is 2. The van der Waals surface area contributed by atoms with Gasteiger partial charge in [-0.3, -0.25) is 0 Å². The zero-order chi connectivity index (χ0) is 18.2. The van der Waals surface area contributed by atoms with E-state index in [1.165, 1.54) is 5.30 Å². The normalized spacial score (nSPS) is 16.2. The molecule has 2 aromatic carbocycles. The van der Waals surface area contributed by atoms with Crippen LogP contribution < -0.4 is 24.3 Å². The maximum absolute atomic E-state index is 6.06. The van der Waals surface area contributed by atoms with Crippen LogP contribution in [-0.4, -0.2) is 32.8 Å². The number of ether oxygens (including phenoxy) is 4. The zero-order valence-corrected chi connectivity index (χ0v) is 16.6.